The number of halogens is 2. The molecule has 1 fully saturated rings. The average Bonchev–Trinajstić information content (AvgIpc) is 3.08. The van der Waals surface area contributed by atoms with Gasteiger partial charge in [-0.15, -0.1) is 6.58 Å². The van der Waals surface area contributed by atoms with Gasteiger partial charge in [0.1, 0.15) is 11.6 Å². The van der Waals surface area contributed by atoms with Crippen molar-refractivity contribution in [1.29, 1.82) is 5.26 Å². The average molecular weight is 395 g/mol. The molecule has 1 heterocycles. The zero-order chi connectivity index (χ0) is 21.0. The van der Waals surface area contributed by atoms with Crippen LogP contribution in [0, 0.1) is 28.9 Å². The lowest BCUT2D eigenvalue weighted by Crippen LogP contribution is -2.37. The van der Waals surface area contributed by atoms with E-state index in [-0.39, 0.29) is 37.0 Å². The third-order valence-corrected chi connectivity index (χ3v) is 4.75. The van der Waals surface area contributed by atoms with E-state index in [1.165, 1.54) is 4.90 Å². The van der Waals surface area contributed by atoms with Crippen molar-refractivity contribution in [3.63, 3.8) is 0 Å². The Morgan fingerprint density at radius 2 is 1.90 bits per heavy atom. The standard InChI is InChI=1S/C22H19F2N3O2/c1-2-7-26(13-16-5-3-15(12-25)4-6-16)22(29)17-8-21(28)27(14-17)20-10-18(23)9-19(24)11-20/h2-6,9-11,17H,1,7-8,13-14H2. The third-order valence-electron chi connectivity index (χ3n) is 4.75. The molecule has 1 unspecified atom stereocenters. The molecule has 1 saturated heterocycles. The smallest absolute Gasteiger partial charge is 0.228 e. The third kappa shape index (κ3) is 4.66. The van der Waals surface area contributed by atoms with Crippen molar-refractivity contribution in [3.05, 3.63) is 77.9 Å². The Labute approximate surface area is 167 Å². The van der Waals surface area contributed by atoms with Crippen molar-refractivity contribution in [2.24, 2.45) is 5.92 Å². The molecule has 29 heavy (non-hydrogen) atoms. The largest absolute Gasteiger partial charge is 0.334 e. The van der Waals surface area contributed by atoms with Crippen LogP contribution in [0.25, 0.3) is 0 Å². The summed E-state index contributed by atoms with van der Waals surface area (Å²) in [5.41, 5.74) is 1.47. The van der Waals surface area contributed by atoms with Crippen LogP contribution >= 0.6 is 0 Å². The molecular weight excluding hydrogens is 376 g/mol. The van der Waals surface area contributed by atoms with E-state index in [4.69, 9.17) is 5.26 Å². The fraction of sp³-hybridized carbons (Fsp3) is 0.227. The maximum absolute atomic E-state index is 13.5. The molecule has 7 heteroatoms. The Bertz CT molecular complexity index is 962. The van der Waals surface area contributed by atoms with Crippen molar-refractivity contribution in [3.8, 4) is 6.07 Å². The molecule has 0 aliphatic carbocycles. The Hall–Kier alpha value is -3.53. The van der Waals surface area contributed by atoms with Gasteiger partial charge in [-0.3, -0.25) is 9.59 Å². The zero-order valence-electron chi connectivity index (χ0n) is 15.6. The molecule has 1 aliphatic heterocycles. The minimum atomic E-state index is -0.781. The maximum atomic E-state index is 13.5. The van der Waals surface area contributed by atoms with Gasteiger partial charge in [0.15, 0.2) is 0 Å². The second kappa shape index (κ2) is 8.65. The molecule has 1 aliphatic rings. The number of carbonyl (C=O) groups excluding carboxylic acids is 2. The Morgan fingerprint density at radius 3 is 2.48 bits per heavy atom. The number of amides is 2. The highest BCUT2D eigenvalue weighted by Crippen LogP contribution is 2.28. The van der Waals surface area contributed by atoms with Crippen LogP contribution in [-0.4, -0.2) is 29.8 Å². The van der Waals surface area contributed by atoms with Gasteiger partial charge in [0, 0.05) is 37.8 Å². The first-order valence-electron chi connectivity index (χ1n) is 9.06. The highest BCUT2D eigenvalue weighted by molar-refractivity contribution is 6.00. The van der Waals surface area contributed by atoms with Gasteiger partial charge in [-0.05, 0) is 29.8 Å². The SMILES string of the molecule is C=CCN(Cc1ccc(C#N)cc1)C(=O)C1CC(=O)N(c2cc(F)cc(F)c2)C1. The first-order valence-corrected chi connectivity index (χ1v) is 9.06. The minimum absolute atomic E-state index is 0.0298. The molecule has 148 valence electrons. The van der Waals surface area contributed by atoms with E-state index in [0.29, 0.717) is 12.1 Å². The Morgan fingerprint density at radius 1 is 1.24 bits per heavy atom. The molecule has 5 nitrogen and oxygen atoms in total. The molecule has 0 aromatic heterocycles. The summed E-state index contributed by atoms with van der Waals surface area (Å²) in [5.74, 6) is -2.77. The van der Waals surface area contributed by atoms with Crippen molar-refractivity contribution in [1.82, 2.24) is 4.90 Å². The summed E-state index contributed by atoms with van der Waals surface area (Å²) in [6.07, 6.45) is 1.57. The van der Waals surface area contributed by atoms with Gasteiger partial charge in [-0.25, -0.2) is 8.78 Å². The van der Waals surface area contributed by atoms with Gasteiger partial charge in [-0.2, -0.15) is 5.26 Å². The van der Waals surface area contributed by atoms with E-state index >= 15 is 0 Å². The molecule has 3 rings (SSSR count). The molecule has 0 bridgehead atoms. The monoisotopic (exact) mass is 395 g/mol. The summed E-state index contributed by atoms with van der Waals surface area (Å²) in [5, 5.41) is 8.89. The van der Waals surface area contributed by atoms with E-state index in [1.807, 2.05) is 6.07 Å². The van der Waals surface area contributed by atoms with Crippen LogP contribution < -0.4 is 4.90 Å². The number of hydrogen-bond acceptors (Lipinski definition) is 3. The summed E-state index contributed by atoms with van der Waals surface area (Å²) in [7, 11) is 0. The molecule has 2 aromatic rings. The van der Waals surface area contributed by atoms with Crippen LogP contribution in [0.5, 0.6) is 0 Å². The number of benzene rings is 2. The van der Waals surface area contributed by atoms with Gasteiger partial charge >= 0.3 is 0 Å². The first kappa shape index (κ1) is 20.2. The molecule has 2 aromatic carbocycles. The lowest BCUT2D eigenvalue weighted by Gasteiger charge is -2.24. The summed E-state index contributed by atoms with van der Waals surface area (Å²) < 4.78 is 27.0. The second-order valence-corrected chi connectivity index (χ2v) is 6.85. The van der Waals surface area contributed by atoms with Crippen LogP contribution in [0.15, 0.2) is 55.1 Å². The van der Waals surface area contributed by atoms with Crippen molar-refractivity contribution in [2.75, 3.05) is 18.0 Å². The predicted molar refractivity (Wildman–Crippen MR) is 104 cm³/mol. The zero-order valence-corrected chi connectivity index (χ0v) is 15.6. The van der Waals surface area contributed by atoms with Crippen LogP contribution in [-0.2, 0) is 16.1 Å². The normalized spacial score (nSPS) is 15.8. The Kier molecular flexibility index (Phi) is 6.03. The molecular formula is C22H19F2N3O2. The first-order chi connectivity index (χ1) is 13.9. The van der Waals surface area contributed by atoms with E-state index in [2.05, 4.69) is 6.58 Å². The summed E-state index contributed by atoms with van der Waals surface area (Å²) in [6.45, 7) is 4.33. The van der Waals surface area contributed by atoms with Gasteiger partial charge in [0.2, 0.25) is 11.8 Å². The highest BCUT2D eigenvalue weighted by atomic mass is 19.1. The number of rotatable bonds is 6. The van der Waals surface area contributed by atoms with Crippen molar-refractivity contribution >= 4 is 17.5 Å². The Balaban J connectivity index is 1.75. The fourth-order valence-electron chi connectivity index (χ4n) is 3.37. The number of nitrogens with zero attached hydrogens (tertiary/aromatic N) is 3. The van der Waals surface area contributed by atoms with Crippen LogP contribution in [0.1, 0.15) is 17.5 Å². The molecule has 0 radical (unpaired) electrons. The van der Waals surface area contributed by atoms with Crippen LogP contribution in [0.4, 0.5) is 14.5 Å². The van der Waals surface area contributed by atoms with Crippen LogP contribution in [0.2, 0.25) is 0 Å². The molecule has 1 atom stereocenters. The quantitative estimate of drug-likeness (QED) is 0.704. The van der Waals surface area contributed by atoms with Crippen LogP contribution in [0.3, 0.4) is 0 Å². The van der Waals surface area contributed by atoms with Crippen molar-refractivity contribution < 1.29 is 18.4 Å². The van der Waals surface area contributed by atoms with E-state index in [1.54, 1.807) is 35.2 Å². The summed E-state index contributed by atoms with van der Waals surface area (Å²) >= 11 is 0. The fourth-order valence-corrected chi connectivity index (χ4v) is 3.37. The second-order valence-electron chi connectivity index (χ2n) is 6.85. The number of carbonyl (C=O) groups is 2. The molecule has 0 saturated carbocycles. The van der Waals surface area contributed by atoms with Gasteiger partial charge in [0.05, 0.1) is 17.6 Å². The van der Waals surface area contributed by atoms with E-state index < -0.39 is 17.6 Å². The maximum Gasteiger partial charge on any atom is 0.228 e. The highest BCUT2D eigenvalue weighted by Gasteiger charge is 2.37. The van der Waals surface area contributed by atoms with E-state index in [0.717, 1.165) is 23.8 Å². The van der Waals surface area contributed by atoms with Crippen molar-refractivity contribution in [2.45, 2.75) is 13.0 Å². The summed E-state index contributed by atoms with van der Waals surface area (Å²) in [4.78, 5) is 28.2. The molecule has 2 amide bonds. The van der Waals surface area contributed by atoms with Gasteiger partial charge in [-0.1, -0.05) is 18.2 Å². The van der Waals surface area contributed by atoms with Gasteiger partial charge in [0.25, 0.3) is 0 Å². The number of hydrogen-bond donors (Lipinski definition) is 0. The molecule has 0 spiro atoms. The van der Waals surface area contributed by atoms with E-state index in [9.17, 15) is 18.4 Å². The van der Waals surface area contributed by atoms with Gasteiger partial charge < -0.3 is 9.80 Å². The lowest BCUT2D eigenvalue weighted by molar-refractivity contribution is -0.135. The summed E-state index contributed by atoms with van der Waals surface area (Å²) in [6, 6.07) is 11.8. The molecule has 0 N–H and O–H groups in total. The topological polar surface area (TPSA) is 64.4 Å². The minimum Gasteiger partial charge on any atom is -0.334 e. The predicted octanol–water partition coefficient (Wildman–Crippen LogP) is 3.40. The lowest BCUT2D eigenvalue weighted by atomic mass is 10.1. The number of anilines is 1. The number of nitriles is 1.